The molecule has 4 heterocycles. The second-order valence-corrected chi connectivity index (χ2v) is 6.80. The van der Waals surface area contributed by atoms with Crippen LogP contribution in [0.25, 0.3) is 22.4 Å². The number of aromatic nitrogens is 5. The second kappa shape index (κ2) is 6.10. The fourth-order valence-electron chi connectivity index (χ4n) is 3.63. The number of nitrogens with zero attached hydrogens (tertiary/aromatic N) is 5. The third kappa shape index (κ3) is 2.70. The van der Waals surface area contributed by atoms with E-state index in [0.29, 0.717) is 6.04 Å². The summed E-state index contributed by atoms with van der Waals surface area (Å²) in [5.41, 5.74) is 2.92. The third-order valence-electron chi connectivity index (χ3n) is 4.95. The van der Waals surface area contributed by atoms with Crippen LogP contribution < -0.4 is 5.32 Å². The Morgan fingerprint density at radius 3 is 3.15 bits per heavy atom. The van der Waals surface area contributed by atoms with Crippen LogP contribution in [0.5, 0.6) is 0 Å². The van der Waals surface area contributed by atoms with E-state index in [2.05, 4.69) is 38.8 Å². The van der Waals surface area contributed by atoms with E-state index in [9.17, 15) is 0 Å². The summed E-state index contributed by atoms with van der Waals surface area (Å²) in [7, 11) is 1.94. The molecule has 5 rings (SSSR count). The van der Waals surface area contributed by atoms with Gasteiger partial charge in [-0.05, 0) is 18.6 Å². The Balaban J connectivity index is 1.37. The van der Waals surface area contributed by atoms with Gasteiger partial charge in [-0.15, -0.1) is 0 Å². The molecule has 0 aliphatic carbocycles. The predicted molar refractivity (Wildman–Crippen MR) is 97.4 cm³/mol. The molecule has 0 saturated heterocycles. The largest absolute Gasteiger partial charge is 0.454 e. The molecule has 7 heteroatoms. The molecule has 1 aliphatic heterocycles. The number of rotatable bonds is 4. The zero-order valence-corrected chi connectivity index (χ0v) is 14.6. The van der Waals surface area contributed by atoms with E-state index in [-0.39, 0.29) is 0 Å². The molecule has 0 radical (unpaired) electrons. The van der Waals surface area contributed by atoms with Crippen molar-refractivity contribution in [2.45, 2.75) is 32.0 Å². The Morgan fingerprint density at radius 1 is 1.31 bits per heavy atom. The Kier molecular flexibility index (Phi) is 3.60. The van der Waals surface area contributed by atoms with Gasteiger partial charge in [0.25, 0.3) is 0 Å². The molecule has 0 fully saturated rings. The van der Waals surface area contributed by atoms with Crippen molar-refractivity contribution in [3.63, 3.8) is 0 Å². The lowest BCUT2D eigenvalue weighted by molar-refractivity contribution is 0.358. The molecule has 0 bridgehead atoms. The minimum absolute atomic E-state index is 0.382. The number of benzene rings is 1. The molecule has 1 atom stereocenters. The second-order valence-electron chi connectivity index (χ2n) is 6.80. The zero-order valence-electron chi connectivity index (χ0n) is 14.6. The van der Waals surface area contributed by atoms with Crippen molar-refractivity contribution in [1.82, 2.24) is 29.9 Å². The zero-order chi connectivity index (χ0) is 17.5. The van der Waals surface area contributed by atoms with Gasteiger partial charge in [0.2, 0.25) is 0 Å². The molecule has 0 saturated carbocycles. The van der Waals surface area contributed by atoms with Crippen LogP contribution in [0.2, 0.25) is 0 Å². The molecular formula is C19H20N6O. The summed E-state index contributed by atoms with van der Waals surface area (Å²) in [6.45, 7) is 1.60. The molecule has 1 aromatic carbocycles. The highest BCUT2D eigenvalue weighted by molar-refractivity contribution is 5.82. The molecular weight excluding hydrogens is 328 g/mol. The lowest BCUT2D eigenvalue weighted by Crippen LogP contribution is -2.37. The van der Waals surface area contributed by atoms with E-state index in [4.69, 9.17) is 4.42 Å². The van der Waals surface area contributed by atoms with Gasteiger partial charge in [-0.3, -0.25) is 4.68 Å². The normalized spacial score (nSPS) is 16.9. The van der Waals surface area contributed by atoms with Gasteiger partial charge in [0, 0.05) is 43.2 Å². The van der Waals surface area contributed by atoms with Crippen LogP contribution in [0.4, 0.5) is 0 Å². The number of aryl methyl sites for hydroxylation is 2. The molecule has 0 spiro atoms. The Bertz CT molecular complexity index is 1030. The fraction of sp³-hybridized carbons (Fsp3) is 0.316. The number of fused-ring (bicyclic) bond motifs is 2. The van der Waals surface area contributed by atoms with Crippen molar-refractivity contribution >= 4 is 11.0 Å². The summed E-state index contributed by atoms with van der Waals surface area (Å²) in [6.07, 6.45) is 5.72. The number of hydrogen-bond acceptors (Lipinski definition) is 5. The molecule has 132 valence electrons. The smallest absolute Gasteiger partial charge is 0.156 e. The molecule has 4 aromatic rings. The number of nitrogens with one attached hydrogen (secondary N) is 1. The van der Waals surface area contributed by atoms with Gasteiger partial charge in [0.15, 0.2) is 5.76 Å². The van der Waals surface area contributed by atoms with Crippen molar-refractivity contribution in [3.05, 3.63) is 54.2 Å². The first-order valence-corrected chi connectivity index (χ1v) is 8.88. The Hall–Kier alpha value is -2.93. The summed E-state index contributed by atoms with van der Waals surface area (Å²) >= 11 is 0. The molecule has 3 aromatic heterocycles. The first-order valence-electron chi connectivity index (χ1n) is 8.88. The molecule has 7 nitrogen and oxygen atoms in total. The van der Waals surface area contributed by atoms with Crippen LogP contribution in [0.3, 0.4) is 0 Å². The maximum atomic E-state index is 6.01. The quantitative estimate of drug-likeness (QED) is 0.613. The van der Waals surface area contributed by atoms with Gasteiger partial charge in [-0.1, -0.05) is 18.2 Å². The van der Waals surface area contributed by atoms with Crippen LogP contribution in [-0.4, -0.2) is 30.6 Å². The first kappa shape index (κ1) is 15.3. The molecule has 1 aliphatic rings. The highest BCUT2D eigenvalue weighted by atomic mass is 16.3. The van der Waals surface area contributed by atoms with Crippen molar-refractivity contribution in [1.29, 1.82) is 0 Å². The van der Waals surface area contributed by atoms with E-state index < -0.39 is 0 Å². The standard InChI is InChI=1S/C19H20N6O/c1-24-10-14(9-20-15-6-7-18-21-12-22-25(18)11-15)19(23-24)17-8-13-4-2-3-5-16(13)26-17/h2-5,8,10,12,15,20H,6-7,9,11H2,1H3/t15-/m0/s1. The maximum absolute atomic E-state index is 6.01. The van der Waals surface area contributed by atoms with Gasteiger partial charge in [0.05, 0.1) is 6.54 Å². The molecule has 1 N–H and O–H groups in total. The van der Waals surface area contributed by atoms with Crippen LogP contribution in [-0.2, 0) is 26.6 Å². The lowest BCUT2D eigenvalue weighted by atomic mass is 10.1. The fourth-order valence-corrected chi connectivity index (χ4v) is 3.63. The summed E-state index contributed by atoms with van der Waals surface area (Å²) in [6, 6.07) is 10.5. The van der Waals surface area contributed by atoms with Crippen LogP contribution in [0.1, 0.15) is 17.8 Å². The molecule has 26 heavy (non-hydrogen) atoms. The summed E-state index contributed by atoms with van der Waals surface area (Å²) < 4.78 is 9.84. The number of furan rings is 1. The highest BCUT2D eigenvalue weighted by Crippen LogP contribution is 2.29. The van der Waals surface area contributed by atoms with Gasteiger partial charge in [-0.25, -0.2) is 9.67 Å². The topological polar surface area (TPSA) is 73.7 Å². The maximum Gasteiger partial charge on any atom is 0.156 e. The van der Waals surface area contributed by atoms with Crippen molar-refractivity contribution in [2.75, 3.05) is 0 Å². The average molecular weight is 348 g/mol. The minimum atomic E-state index is 0.382. The van der Waals surface area contributed by atoms with Gasteiger partial charge in [0.1, 0.15) is 23.4 Å². The Labute approximate surface area is 150 Å². The van der Waals surface area contributed by atoms with Crippen molar-refractivity contribution in [3.8, 4) is 11.5 Å². The van der Waals surface area contributed by atoms with E-state index in [1.807, 2.05) is 34.6 Å². The predicted octanol–water partition coefficient (Wildman–Crippen LogP) is 2.53. The SMILES string of the molecule is Cn1cc(CN[C@H]2CCc3ncnn3C2)c(-c2cc3ccccc3o2)n1. The summed E-state index contributed by atoms with van der Waals surface area (Å²) in [5, 5.41) is 13.7. The molecule has 0 unspecified atom stereocenters. The van der Waals surface area contributed by atoms with E-state index in [1.165, 1.54) is 0 Å². The average Bonchev–Trinajstić information content (AvgIpc) is 3.36. The van der Waals surface area contributed by atoms with E-state index in [0.717, 1.165) is 59.7 Å². The molecule has 0 amide bonds. The van der Waals surface area contributed by atoms with E-state index >= 15 is 0 Å². The van der Waals surface area contributed by atoms with Gasteiger partial charge < -0.3 is 9.73 Å². The number of para-hydroxylation sites is 1. The van der Waals surface area contributed by atoms with E-state index in [1.54, 1.807) is 6.33 Å². The van der Waals surface area contributed by atoms with Gasteiger partial charge >= 0.3 is 0 Å². The first-order chi connectivity index (χ1) is 12.8. The summed E-state index contributed by atoms with van der Waals surface area (Å²) in [5.74, 6) is 1.89. The van der Waals surface area contributed by atoms with Crippen LogP contribution >= 0.6 is 0 Å². The highest BCUT2D eigenvalue weighted by Gasteiger charge is 2.21. The monoisotopic (exact) mass is 348 g/mol. The van der Waals surface area contributed by atoms with Crippen molar-refractivity contribution < 1.29 is 4.42 Å². The third-order valence-corrected chi connectivity index (χ3v) is 4.95. The van der Waals surface area contributed by atoms with Crippen molar-refractivity contribution in [2.24, 2.45) is 7.05 Å². The minimum Gasteiger partial charge on any atom is -0.454 e. The van der Waals surface area contributed by atoms with Gasteiger partial charge in [-0.2, -0.15) is 10.2 Å². The summed E-state index contributed by atoms with van der Waals surface area (Å²) in [4.78, 5) is 4.29. The lowest BCUT2D eigenvalue weighted by Gasteiger charge is -2.23. The van der Waals surface area contributed by atoms with Crippen LogP contribution in [0, 0.1) is 0 Å². The van der Waals surface area contributed by atoms with Crippen LogP contribution in [0.15, 0.2) is 47.3 Å². The number of hydrogen-bond donors (Lipinski definition) is 1. The Morgan fingerprint density at radius 2 is 2.23 bits per heavy atom.